The highest BCUT2D eigenvalue weighted by Crippen LogP contribution is 2.09. The van der Waals surface area contributed by atoms with Crippen LogP contribution in [0, 0.1) is 0 Å². The number of aliphatic hydroxyl groups is 1. The lowest BCUT2D eigenvalue weighted by molar-refractivity contribution is 0.174. The average Bonchev–Trinajstić information content (AvgIpc) is 1.35. The lowest BCUT2D eigenvalue weighted by Crippen LogP contribution is -2.15. The summed E-state index contributed by atoms with van der Waals surface area (Å²) in [4.78, 5) is 0. The highest BCUT2D eigenvalue weighted by Gasteiger charge is 2.11. The first kappa shape index (κ1) is 6.54. The van der Waals surface area contributed by atoms with E-state index in [0.717, 1.165) is 0 Å². The Balaban J connectivity index is 3.17. The van der Waals surface area contributed by atoms with Crippen LogP contribution in [0.1, 0.15) is 6.92 Å². The molecule has 0 aromatic rings. The molecule has 0 saturated heterocycles. The molecule has 0 heterocycles. The molecule has 6 heavy (non-hydrogen) atoms. The van der Waals surface area contributed by atoms with E-state index in [1.165, 1.54) is 6.92 Å². The zero-order valence-electron chi connectivity index (χ0n) is 3.41. The van der Waals surface area contributed by atoms with Crippen molar-refractivity contribution >= 4 is 23.2 Å². The minimum atomic E-state index is -1.22. The SMILES string of the molecule is C[C@@](O)(Cl)CCl. The van der Waals surface area contributed by atoms with E-state index in [-0.39, 0.29) is 5.88 Å². The summed E-state index contributed by atoms with van der Waals surface area (Å²) in [6.07, 6.45) is 0. The highest BCUT2D eigenvalue weighted by molar-refractivity contribution is 6.29. The van der Waals surface area contributed by atoms with Gasteiger partial charge in [0.15, 0.2) is 0 Å². The molecule has 0 bridgehead atoms. The molecule has 0 fully saturated rings. The Hall–Kier alpha value is 0.540. The summed E-state index contributed by atoms with van der Waals surface area (Å²) in [5.74, 6) is 0.0640. The van der Waals surface area contributed by atoms with Gasteiger partial charge in [-0.3, -0.25) is 0 Å². The van der Waals surface area contributed by atoms with Crippen molar-refractivity contribution in [2.24, 2.45) is 0 Å². The van der Waals surface area contributed by atoms with Crippen LogP contribution in [0.4, 0.5) is 0 Å². The molecule has 1 atom stereocenters. The van der Waals surface area contributed by atoms with Gasteiger partial charge in [0.25, 0.3) is 0 Å². The van der Waals surface area contributed by atoms with Crippen molar-refractivity contribution in [2.75, 3.05) is 5.88 Å². The largest absolute Gasteiger partial charge is 0.374 e. The summed E-state index contributed by atoms with van der Waals surface area (Å²) in [7, 11) is 0. The van der Waals surface area contributed by atoms with Gasteiger partial charge in [-0.05, 0) is 6.92 Å². The molecule has 0 radical (unpaired) electrons. The predicted octanol–water partition coefficient (Wildman–Crippen LogP) is 1.17. The van der Waals surface area contributed by atoms with E-state index in [4.69, 9.17) is 28.3 Å². The molecule has 0 amide bonds. The molecule has 0 aliphatic rings. The summed E-state index contributed by atoms with van der Waals surface area (Å²) >= 11 is 10.2. The number of rotatable bonds is 1. The molecular weight excluding hydrogens is 123 g/mol. The summed E-state index contributed by atoms with van der Waals surface area (Å²) < 4.78 is 0. The lowest BCUT2D eigenvalue weighted by Gasteiger charge is -2.06. The van der Waals surface area contributed by atoms with Gasteiger partial charge in [0.2, 0.25) is 0 Å². The molecule has 0 aliphatic heterocycles. The van der Waals surface area contributed by atoms with Crippen LogP contribution in [0.25, 0.3) is 0 Å². The quantitative estimate of drug-likeness (QED) is 0.527. The van der Waals surface area contributed by atoms with Crippen LogP contribution in [0.3, 0.4) is 0 Å². The smallest absolute Gasteiger partial charge is 0.149 e. The minimum absolute atomic E-state index is 0.0640. The number of halogens is 2. The summed E-state index contributed by atoms with van der Waals surface area (Å²) in [5, 5.41) is 7.24. The van der Waals surface area contributed by atoms with Gasteiger partial charge in [0.05, 0.1) is 5.88 Å². The second kappa shape index (κ2) is 2.01. The van der Waals surface area contributed by atoms with E-state index in [1.807, 2.05) is 0 Å². The van der Waals surface area contributed by atoms with E-state index in [1.54, 1.807) is 0 Å². The third kappa shape index (κ3) is 4.54. The predicted molar refractivity (Wildman–Crippen MR) is 27.2 cm³/mol. The van der Waals surface area contributed by atoms with E-state index >= 15 is 0 Å². The lowest BCUT2D eigenvalue weighted by atomic mass is 10.5. The molecule has 1 N–H and O–H groups in total. The monoisotopic (exact) mass is 128 g/mol. The molecule has 0 rings (SSSR count). The Morgan fingerprint density at radius 3 is 2.00 bits per heavy atom. The standard InChI is InChI=1S/C3H6Cl2O/c1-3(5,6)2-4/h6H,2H2,1H3/t3-/m0/s1. The first-order valence-electron chi connectivity index (χ1n) is 1.53. The second-order valence-electron chi connectivity index (χ2n) is 1.28. The maximum Gasteiger partial charge on any atom is 0.149 e. The summed E-state index contributed by atoms with van der Waals surface area (Å²) in [6.45, 7) is 1.43. The maximum atomic E-state index is 8.46. The van der Waals surface area contributed by atoms with Crippen molar-refractivity contribution in [2.45, 2.75) is 12.0 Å². The number of alkyl halides is 2. The average molecular weight is 129 g/mol. The maximum absolute atomic E-state index is 8.46. The third-order valence-corrected chi connectivity index (χ3v) is 1.03. The molecule has 38 valence electrons. The van der Waals surface area contributed by atoms with Gasteiger partial charge in [-0.2, -0.15) is 0 Å². The molecule has 0 spiro atoms. The van der Waals surface area contributed by atoms with Crippen LogP contribution in [0.2, 0.25) is 0 Å². The van der Waals surface area contributed by atoms with E-state index < -0.39 is 5.06 Å². The fourth-order valence-electron chi connectivity index (χ4n) is 0. The van der Waals surface area contributed by atoms with Gasteiger partial charge in [0, 0.05) is 0 Å². The van der Waals surface area contributed by atoms with Crippen LogP contribution >= 0.6 is 23.2 Å². The fourth-order valence-corrected chi connectivity index (χ4v) is 0. The van der Waals surface area contributed by atoms with Gasteiger partial charge < -0.3 is 5.11 Å². The Morgan fingerprint density at radius 2 is 2.00 bits per heavy atom. The van der Waals surface area contributed by atoms with Gasteiger partial charge in [0.1, 0.15) is 5.06 Å². The zero-order valence-corrected chi connectivity index (χ0v) is 4.92. The van der Waals surface area contributed by atoms with E-state index in [9.17, 15) is 0 Å². The van der Waals surface area contributed by atoms with E-state index in [0.29, 0.717) is 0 Å². The first-order chi connectivity index (χ1) is 2.56. The van der Waals surface area contributed by atoms with E-state index in [2.05, 4.69) is 0 Å². The van der Waals surface area contributed by atoms with Crippen molar-refractivity contribution in [1.29, 1.82) is 0 Å². The van der Waals surface area contributed by atoms with Crippen LogP contribution in [-0.4, -0.2) is 16.0 Å². The third-order valence-electron chi connectivity index (χ3n) is 0.244. The normalized spacial score (nSPS) is 20.0. The fraction of sp³-hybridized carbons (Fsp3) is 1.00. The molecule has 0 unspecified atom stereocenters. The molecule has 0 aromatic heterocycles. The molecule has 0 aliphatic carbocycles. The number of hydrogen-bond acceptors (Lipinski definition) is 1. The molecule has 0 aromatic carbocycles. The van der Waals surface area contributed by atoms with Crippen molar-refractivity contribution in [1.82, 2.24) is 0 Å². The van der Waals surface area contributed by atoms with Gasteiger partial charge in [-0.25, -0.2) is 0 Å². The molecular formula is C3H6Cl2O. The van der Waals surface area contributed by atoms with Crippen molar-refractivity contribution in [3.05, 3.63) is 0 Å². The molecule has 0 saturated carbocycles. The van der Waals surface area contributed by atoms with Crippen molar-refractivity contribution in [3.8, 4) is 0 Å². The number of hydrogen-bond donors (Lipinski definition) is 1. The van der Waals surface area contributed by atoms with Gasteiger partial charge in [-0.1, -0.05) is 11.6 Å². The van der Waals surface area contributed by atoms with Crippen LogP contribution in [0.15, 0.2) is 0 Å². The Kier molecular flexibility index (Phi) is 2.19. The summed E-state index contributed by atoms with van der Waals surface area (Å²) in [5.41, 5.74) is 0. The van der Waals surface area contributed by atoms with Crippen LogP contribution < -0.4 is 0 Å². The second-order valence-corrected chi connectivity index (χ2v) is 2.36. The Bertz CT molecular complexity index is 38.5. The Morgan fingerprint density at radius 1 is 1.83 bits per heavy atom. The summed E-state index contributed by atoms with van der Waals surface area (Å²) in [6, 6.07) is 0. The van der Waals surface area contributed by atoms with Crippen LogP contribution in [0.5, 0.6) is 0 Å². The zero-order chi connectivity index (χ0) is 5.21. The minimum Gasteiger partial charge on any atom is -0.374 e. The first-order valence-corrected chi connectivity index (χ1v) is 2.45. The molecule has 1 nitrogen and oxygen atoms in total. The topological polar surface area (TPSA) is 20.2 Å². The Labute approximate surface area is 46.9 Å². The van der Waals surface area contributed by atoms with Crippen molar-refractivity contribution in [3.63, 3.8) is 0 Å². The van der Waals surface area contributed by atoms with Crippen LogP contribution in [-0.2, 0) is 0 Å². The highest BCUT2D eigenvalue weighted by atomic mass is 35.5. The van der Waals surface area contributed by atoms with Gasteiger partial charge >= 0.3 is 0 Å². The van der Waals surface area contributed by atoms with Gasteiger partial charge in [-0.15, -0.1) is 11.6 Å². The molecule has 3 heteroatoms. The van der Waals surface area contributed by atoms with Crippen molar-refractivity contribution < 1.29 is 5.11 Å².